The van der Waals surface area contributed by atoms with Gasteiger partial charge in [0.25, 0.3) is 0 Å². The lowest BCUT2D eigenvalue weighted by molar-refractivity contribution is -0.141. The summed E-state index contributed by atoms with van der Waals surface area (Å²) in [6, 6.07) is 15.5. The standard InChI is InChI=1S/C43H41N5O7/c1-6-42(51,7-2)31(49)17-22-15-21-11-13-28-27(16-21)43-26-10-8-9-24(34(26)48-41(43)54-28)23-12-14-29(52-5)35-32(23)25(18-44-35)30-19-45-39(53-30)36-37(43)55-40(47-36)33(20(3)4)46-38(22)50/h8-14,16,18-20,22,33,41,44,48,51H,6-7,15,17H2,1-5H3,(H,46,50)/t22-,33+,41+,43?/m1/s1. The summed E-state index contributed by atoms with van der Waals surface area (Å²) in [7, 11) is 1.65. The van der Waals surface area contributed by atoms with Crippen molar-refractivity contribution in [2.24, 2.45) is 11.8 Å². The van der Waals surface area contributed by atoms with Crippen LogP contribution in [0, 0.1) is 11.8 Å². The summed E-state index contributed by atoms with van der Waals surface area (Å²) in [6.45, 7) is 7.55. The van der Waals surface area contributed by atoms with Crippen molar-refractivity contribution in [3.8, 4) is 45.5 Å². The number of benzene rings is 3. The highest BCUT2D eigenvalue weighted by Gasteiger charge is 2.61. The smallest absolute Gasteiger partial charge is 0.249 e. The van der Waals surface area contributed by atoms with Gasteiger partial charge in [0.1, 0.15) is 28.6 Å². The Labute approximate surface area is 316 Å². The van der Waals surface area contributed by atoms with E-state index in [1.807, 2.05) is 38.2 Å². The molecule has 10 bridgehead atoms. The molecule has 7 heterocycles. The lowest BCUT2D eigenvalue weighted by Crippen LogP contribution is -2.43. The van der Waals surface area contributed by atoms with Crippen molar-refractivity contribution < 1.29 is 33.0 Å². The van der Waals surface area contributed by atoms with E-state index in [4.69, 9.17) is 28.3 Å². The SMILES string of the molecule is CCC(O)(CC)C(=O)C[C@H]1Cc2ccc3c(c2)C24c5cccc(c5N[C@H]2O3)-c2ccc(OC)c3[nH]cc(c23)-c2cnc(o2)-c2nc(oc24)[C@H](C(C)C)NC1=O. The molecule has 6 aromatic rings. The number of hydrogen-bond donors (Lipinski definition) is 4. The van der Waals surface area contributed by atoms with Gasteiger partial charge < -0.3 is 39.0 Å². The first-order valence-electron chi connectivity index (χ1n) is 19.0. The molecular formula is C43H41N5O7. The van der Waals surface area contributed by atoms with Gasteiger partial charge in [-0.15, -0.1) is 0 Å². The summed E-state index contributed by atoms with van der Waals surface area (Å²) in [4.78, 5) is 41.4. The number of amides is 1. The number of nitrogens with one attached hydrogen (secondary N) is 3. The number of hydrogen-bond acceptors (Lipinski definition) is 10. The second-order valence-corrected chi connectivity index (χ2v) is 15.5. The molecule has 1 amide bonds. The van der Waals surface area contributed by atoms with Crippen LogP contribution in [0.1, 0.15) is 81.3 Å². The van der Waals surface area contributed by atoms with Crippen LogP contribution in [0.25, 0.3) is 44.9 Å². The molecule has 3 aromatic heterocycles. The van der Waals surface area contributed by atoms with E-state index in [1.165, 1.54) is 0 Å². The predicted octanol–water partition coefficient (Wildman–Crippen LogP) is 7.44. The number of aliphatic hydroxyl groups is 1. The average Bonchev–Trinajstić information content (AvgIpc) is 4.02. The third kappa shape index (κ3) is 4.54. The molecule has 12 nitrogen and oxygen atoms in total. The Balaban J connectivity index is 1.27. The number of nitrogens with zero attached hydrogens (tertiary/aromatic N) is 2. The number of ether oxygens (including phenoxy) is 2. The second kappa shape index (κ2) is 11.8. The molecule has 4 aliphatic rings. The van der Waals surface area contributed by atoms with Gasteiger partial charge in [0.15, 0.2) is 29.2 Å². The van der Waals surface area contributed by atoms with Crippen LogP contribution in [0.5, 0.6) is 11.5 Å². The summed E-state index contributed by atoms with van der Waals surface area (Å²) in [5.74, 6) is 1.31. The molecule has 4 aliphatic heterocycles. The molecule has 10 rings (SSSR count). The molecule has 4 atom stereocenters. The Morgan fingerprint density at radius 2 is 1.89 bits per heavy atom. The van der Waals surface area contributed by atoms with Gasteiger partial charge in [-0.05, 0) is 54.5 Å². The number of anilines is 1. The van der Waals surface area contributed by atoms with E-state index < -0.39 is 29.2 Å². The zero-order chi connectivity index (χ0) is 38.0. The van der Waals surface area contributed by atoms with E-state index in [-0.39, 0.29) is 55.1 Å². The van der Waals surface area contributed by atoms with E-state index >= 15 is 0 Å². The van der Waals surface area contributed by atoms with Gasteiger partial charge in [-0.25, -0.2) is 9.97 Å². The van der Waals surface area contributed by atoms with E-state index in [0.717, 1.165) is 50.0 Å². The van der Waals surface area contributed by atoms with Crippen molar-refractivity contribution in [1.29, 1.82) is 0 Å². The first kappa shape index (κ1) is 33.7. The van der Waals surface area contributed by atoms with Gasteiger partial charge in [0.2, 0.25) is 17.7 Å². The molecule has 1 spiro atoms. The second-order valence-electron chi connectivity index (χ2n) is 15.5. The number of Topliss-reactive ketones (excluding diaryl/α,β-unsaturated/α-hetero) is 1. The zero-order valence-electron chi connectivity index (χ0n) is 31.2. The molecule has 3 aromatic carbocycles. The Hall–Kier alpha value is -5.88. The number of carbonyl (C=O) groups excluding carboxylic acids is 2. The van der Waals surface area contributed by atoms with Gasteiger partial charge in [0.05, 0.1) is 18.8 Å². The summed E-state index contributed by atoms with van der Waals surface area (Å²) >= 11 is 0. The third-order valence-electron chi connectivity index (χ3n) is 12.4. The monoisotopic (exact) mass is 739 g/mol. The highest BCUT2D eigenvalue weighted by molar-refractivity contribution is 6.09. The molecule has 55 heavy (non-hydrogen) atoms. The molecular weight excluding hydrogens is 699 g/mol. The fraction of sp³-hybridized carbons (Fsp3) is 0.349. The minimum absolute atomic E-state index is 0.123. The summed E-state index contributed by atoms with van der Waals surface area (Å²) < 4.78 is 26.3. The molecule has 0 saturated heterocycles. The van der Waals surface area contributed by atoms with Crippen LogP contribution in [-0.2, 0) is 21.4 Å². The van der Waals surface area contributed by atoms with Crippen LogP contribution in [0.3, 0.4) is 0 Å². The first-order valence-corrected chi connectivity index (χ1v) is 19.0. The van der Waals surface area contributed by atoms with E-state index in [2.05, 4.69) is 45.9 Å². The summed E-state index contributed by atoms with van der Waals surface area (Å²) in [5, 5.41) is 19.1. The summed E-state index contributed by atoms with van der Waals surface area (Å²) in [6.07, 6.45) is 3.61. The van der Waals surface area contributed by atoms with Crippen molar-refractivity contribution in [3.05, 3.63) is 89.3 Å². The van der Waals surface area contributed by atoms with Crippen molar-refractivity contribution in [3.63, 3.8) is 0 Å². The fourth-order valence-corrected chi connectivity index (χ4v) is 9.24. The molecule has 0 fully saturated rings. The Kier molecular flexibility index (Phi) is 7.23. The quantitative estimate of drug-likeness (QED) is 0.129. The van der Waals surface area contributed by atoms with Gasteiger partial charge in [-0.3, -0.25) is 9.59 Å². The topological polar surface area (TPSA) is 165 Å². The van der Waals surface area contributed by atoms with E-state index in [9.17, 15) is 14.7 Å². The number of H-pyrrole nitrogens is 1. The highest BCUT2D eigenvalue weighted by Crippen LogP contribution is 2.61. The van der Waals surface area contributed by atoms with Gasteiger partial charge in [-0.2, -0.15) is 0 Å². The van der Waals surface area contributed by atoms with Crippen LogP contribution in [0.2, 0.25) is 0 Å². The average molecular weight is 740 g/mol. The van der Waals surface area contributed by atoms with E-state index in [0.29, 0.717) is 28.7 Å². The summed E-state index contributed by atoms with van der Waals surface area (Å²) in [5.41, 5.74) is 4.84. The number of methoxy groups -OCH3 is 1. The molecule has 4 N–H and O–H groups in total. The normalized spacial score (nSPS) is 21.7. The molecule has 12 heteroatoms. The fourth-order valence-electron chi connectivity index (χ4n) is 9.24. The molecule has 0 radical (unpaired) electrons. The van der Waals surface area contributed by atoms with Gasteiger partial charge >= 0.3 is 0 Å². The van der Waals surface area contributed by atoms with Crippen molar-refractivity contribution >= 4 is 28.3 Å². The molecule has 0 saturated carbocycles. The number of rotatable bonds is 7. The number of aromatic amines is 1. The lowest BCUT2D eigenvalue weighted by Gasteiger charge is -2.29. The maximum absolute atomic E-state index is 14.4. The first-order chi connectivity index (χ1) is 26.6. The maximum atomic E-state index is 14.4. The predicted molar refractivity (Wildman–Crippen MR) is 204 cm³/mol. The van der Waals surface area contributed by atoms with Crippen LogP contribution in [-0.4, -0.2) is 50.7 Å². The molecule has 280 valence electrons. The lowest BCUT2D eigenvalue weighted by atomic mass is 9.72. The van der Waals surface area contributed by atoms with Crippen LogP contribution in [0.15, 0.2) is 69.8 Å². The Morgan fingerprint density at radius 1 is 1.05 bits per heavy atom. The number of ketones is 1. The maximum Gasteiger partial charge on any atom is 0.249 e. The minimum atomic E-state index is -1.51. The number of fused-ring (bicyclic) bond motifs is 7. The van der Waals surface area contributed by atoms with Crippen LogP contribution in [0.4, 0.5) is 5.69 Å². The Bertz CT molecular complexity index is 2580. The largest absolute Gasteiger partial charge is 0.495 e. The minimum Gasteiger partial charge on any atom is -0.495 e. The third-order valence-corrected chi connectivity index (χ3v) is 12.4. The Morgan fingerprint density at radius 3 is 2.67 bits per heavy atom. The number of para-hydroxylation sites is 1. The molecule has 0 aliphatic carbocycles. The number of aromatic nitrogens is 3. The van der Waals surface area contributed by atoms with E-state index in [1.54, 1.807) is 27.2 Å². The zero-order valence-corrected chi connectivity index (χ0v) is 31.2. The van der Waals surface area contributed by atoms with Gasteiger partial charge in [0, 0.05) is 51.9 Å². The van der Waals surface area contributed by atoms with Crippen molar-refractivity contribution in [2.45, 2.75) is 76.7 Å². The molecule has 1 unspecified atom stereocenters. The van der Waals surface area contributed by atoms with Crippen LogP contribution < -0.4 is 20.1 Å². The van der Waals surface area contributed by atoms with Crippen LogP contribution >= 0.6 is 0 Å². The highest BCUT2D eigenvalue weighted by atomic mass is 16.5. The number of oxazole rings is 2. The van der Waals surface area contributed by atoms with Gasteiger partial charge in [-0.1, -0.05) is 58.0 Å². The van der Waals surface area contributed by atoms with Crippen molar-refractivity contribution in [2.75, 3.05) is 12.4 Å². The van der Waals surface area contributed by atoms with Crippen molar-refractivity contribution in [1.82, 2.24) is 20.3 Å². The number of carbonyl (C=O) groups is 2.